The summed E-state index contributed by atoms with van der Waals surface area (Å²) in [5.74, 6) is 0.0426. The summed E-state index contributed by atoms with van der Waals surface area (Å²) in [6, 6.07) is 2.70. The van der Waals surface area contributed by atoms with Crippen molar-refractivity contribution >= 4 is 33.2 Å². The van der Waals surface area contributed by atoms with Gasteiger partial charge < -0.3 is 10.6 Å². The van der Waals surface area contributed by atoms with Crippen LogP contribution in [-0.2, 0) is 0 Å². The van der Waals surface area contributed by atoms with Gasteiger partial charge in [-0.2, -0.15) is 0 Å². The van der Waals surface area contributed by atoms with Crippen LogP contribution in [0.15, 0.2) is 15.9 Å². The first-order chi connectivity index (χ1) is 7.66. The Kier molecular flexibility index (Phi) is 4.00. The molecule has 1 aliphatic heterocycles. The quantitative estimate of drug-likeness (QED) is 0.881. The van der Waals surface area contributed by atoms with Gasteiger partial charge >= 0.3 is 0 Å². The molecular weight excluding hydrogens is 288 g/mol. The van der Waals surface area contributed by atoms with E-state index in [0.29, 0.717) is 12.1 Å². The molecule has 16 heavy (non-hydrogen) atoms. The molecule has 2 N–H and O–H groups in total. The van der Waals surface area contributed by atoms with E-state index in [1.54, 1.807) is 0 Å². The molecule has 2 unspecified atom stereocenters. The minimum absolute atomic E-state index is 0.0426. The van der Waals surface area contributed by atoms with Crippen molar-refractivity contribution in [3.05, 3.63) is 20.8 Å². The van der Waals surface area contributed by atoms with Gasteiger partial charge in [-0.05, 0) is 53.7 Å². The van der Waals surface area contributed by atoms with E-state index in [1.807, 2.05) is 11.4 Å². The van der Waals surface area contributed by atoms with E-state index in [9.17, 15) is 4.79 Å². The number of carbonyl (C=O) groups is 1. The molecule has 0 spiro atoms. The minimum Gasteiger partial charge on any atom is -0.348 e. The molecule has 3 nitrogen and oxygen atoms in total. The maximum absolute atomic E-state index is 12.0. The van der Waals surface area contributed by atoms with E-state index in [0.717, 1.165) is 28.7 Å². The number of halogens is 1. The van der Waals surface area contributed by atoms with E-state index in [2.05, 4.69) is 33.5 Å². The summed E-state index contributed by atoms with van der Waals surface area (Å²) in [6.45, 7) is 3.14. The number of piperidine rings is 1. The van der Waals surface area contributed by atoms with Gasteiger partial charge in [0.1, 0.15) is 4.88 Å². The van der Waals surface area contributed by atoms with Crippen LogP contribution in [0.25, 0.3) is 0 Å². The SMILES string of the molecule is CC1CC(NC(=O)c2sccc2Br)CCN1. The second kappa shape index (κ2) is 5.29. The zero-order valence-corrected chi connectivity index (χ0v) is 11.5. The number of rotatable bonds is 2. The van der Waals surface area contributed by atoms with Crippen LogP contribution in [0, 0.1) is 0 Å². The van der Waals surface area contributed by atoms with Crippen molar-refractivity contribution in [1.29, 1.82) is 0 Å². The first-order valence-electron chi connectivity index (χ1n) is 5.44. The van der Waals surface area contributed by atoms with Crippen molar-refractivity contribution < 1.29 is 4.79 Å². The molecule has 1 saturated heterocycles. The summed E-state index contributed by atoms with van der Waals surface area (Å²) < 4.78 is 0.886. The molecule has 88 valence electrons. The van der Waals surface area contributed by atoms with Crippen LogP contribution < -0.4 is 10.6 Å². The molecule has 0 bridgehead atoms. The molecular formula is C11H15BrN2OS. The van der Waals surface area contributed by atoms with Gasteiger partial charge in [-0.25, -0.2) is 0 Å². The van der Waals surface area contributed by atoms with Crippen molar-refractivity contribution in [2.75, 3.05) is 6.54 Å². The number of carbonyl (C=O) groups excluding carboxylic acids is 1. The number of hydrogen-bond acceptors (Lipinski definition) is 3. The summed E-state index contributed by atoms with van der Waals surface area (Å²) in [7, 11) is 0. The fourth-order valence-electron chi connectivity index (χ4n) is 1.97. The van der Waals surface area contributed by atoms with Crippen LogP contribution in [0.4, 0.5) is 0 Å². The van der Waals surface area contributed by atoms with Gasteiger partial charge in [0.2, 0.25) is 0 Å². The fourth-order valence-corrected chi connectivity index (χ4v) is 3.42. The highest BCUT2D eigenvalue weighted by molar-refractivity contribution is 9.10. The van der Waals surface area contributed by atoms with Crippen molar-refractivity contribution in [1.82, 2.24) is 10.6 Å². The van der Waals surface area contributed by atoms with Crippen molar-refractivity contribution in [3.63, 3.8) is 0 Å². The third-order valence-corrected chi connectivity index (χ3v) is 4.62. The number of thiophene rings is 1. The van der Waals surface area contributed by atoms with Crippen LogP contribution in [0.3, 0.4) is 0 Å². The first-order valence-corrected chi connectivity index (χ1v) is 7.11. The van der Waals surface area contributed by atoms with Gasteiger partial charge in [0.05, 0.1) is 0 Å². The highest BCUT2D eigenvalue weighted by Gasteiger charge is 2.21. The van der Waals surface area contributed by atoms with Gasteiger partial charge in [-0.1, -0.05) is 0 Å². The number of amides is 1. The molecule has 0 radical (unpaired) electrons. The minimum atomic E-state index is 0.0426. The molecule has 2 rings (SSSR count). The number of nitrogens with one attached hydrogen (secondary N) is 2. The molecule has 2 heterocycles. The maximum Gasteiger partial charge on any atom is 0.262 e. The largest absolute Gasteiger partial charge is 0.348 e. The average Bonchev–Trinajstić information content (AvgIpc) is 2.64. The Morgan fingerprint density at radius 1 is 1.69 bits per heavy atom. The van der Waals surface area contributed by atoms with Crippen molar-refractivity contribution in [3.8, 4) is 0 Å². The Morgan fingerprint density at radius 3 is 3.12 bits per heavy atom. The highest BCUT2D eigenvalue weighted by atomic mass is 79.9. The predicted molar refractivity (Wildman–Crippen MR) is 70.0 cm³/mol. The highest BCUT2D eigenvalue weighted by Crippen LogP contribution is 2.22. The molecule has 1 aliphatic rings. The molecule has 1 amide bonds. The van der Waals surface area contributed by atoms with Gasteiger partial charge in [0.25, 0.3) is 5.91 Å². The van der Waals surface area contributed by atoms with Gasteiger partial charge in [-0.15, -0.1) is 11.3 Å². The van der Waals surface area contributed by atoms with Crippen LogP contribution in [0.1, 0.15) is 29.4 Å². The normalized spacial score (nSPS) is 25.4. The van der Waals surface area contributed by atoms with Crippen LogP contribution in [0.5, 0.6) is 0 Å². The van der Waals surface area contributed by atoms with E-state index in [1.165, 1.54) is 11.3 Å². The molecule has 1 fully saturated rings. The van der Waals surface area contributed by atoms with E-state index >= 15 is 0 Å². The molecule has 1 aromatic heterocycles. The summed E-state index contributed by atoms with van der Waals surface area (Å²) in [5, 5.41) is 8.39. The van der Waals surface area contributed by atoms with Crippen LogP contribution >= 0.6 is 27.3 Å². The smallest absolute Gasteiger partial charge is 0.262 e. The fraction of sp³-hybridized carbons (Fsp3) is 0.545. The lowest BCUT2D eigenvalue weighted by molar-refractivity contribution is 0.0929. The van der Waals surface area contributed by atoms with Crippen LogP contribution in [-0.4, -0.2) is 24.5 Å². The summed E-state index contributed by atoms with van der Waals surface area (Å²) in [6.07, 6.45) is 2.02. The summed E-state index contributed by atoms with van der Waals surface area (Å²) in [5.41, 5.74) is 0. The Morgan fingerprint density at radius 2 is 2.50 bits per heavy atom. The third kappa shape index (κ3) is 2.84. The van der Waals surface area contributed by atoms with Gasteiger partial charge in [-0.3, -0.25) is 4.79 Å². The maximum atomic E-state index is 12.0. The van der Waals surface area contributed by atoms with E-state index in [-0.39, 0.29) is 5.91 Å². The zero-order valence-electron chi connectivity index (χ0n) is 9.13. The van der Waals surface area contributed by atoms with E-state index in [4.69, 9.17) is 0 Å². The van der Waals surface area contributed by atoms with Crippen LogP contribution in [0.2, 0.25) is 0 Å². The molecule has 2 atom stereocenters. The standard InChI is InChI=1S/C11H15BrN2OS/c1-7-6-8(2-4-13-7)14-11(15)10-9(12)3-5-16-10/h3,5,7-8,13H,2,4,6H2,1H3,(H,14,15). The molecule has 5 heteroatoms. The second-order valence-electron chi connectivity index (χ2n) is 4.15. The molecule has 0 saturated carbocycles. The zero-order chi connectivity index (χ0) is 11.5. The Bertz CT molecular complexity index is 380. The Labute approximate surface area is 108 Å². The second-order valence-corrected chi connectivity index (χ2v) is 5.92. The third-order valence-electron chi connectivity index (χ3n) is 2.78. The topological polar surface area (TPSA) is 41.1 Å². The van der Waals surface area contributed by atoms with E-state index < -0.39 is 0 Å². The first kappa shape index (κ1) is 12.1. The Hall–Kier alpha value is -0.390. The monoisotopic (exact) mass is 302 g/mol. The average molecular weight is 303 g/mol. The molecule has 1 aromatic rings. The molecule has 0 aromatic carbocycles. The van der Waals surface area contributed by atoms with Gasteiger partial charge in [0, 0.05) is 16.6 Å². The lowest BCUT2D eigenvalue weighted by Gasteiger charge is -2.28. The molecule has 0 aliphatic carbocycles. The van der Waals surface area contributed by atoms with Crippen molar-refractivity contribution in [2.45, 2.75) is 31.8 Å². The van der Waals surface area contributed by atoms with Gasteiger partial charge in [0.15, 0.2) is 0 Å². The lowest BCUT2D eigenvalue weighted by Crippen LogP contribution is -2.46. The Balaban J connectivity index is 1.95. The van der Waals surface area contributed by atoms with Crippen molar-refractivity contribution in [2.24, 2.45) is 0 Å². The number of hydrogen-bond donors (Lipinski definition) is 2. The predicted octanol–water partition coefficient (Wildman–Crippen LogP) is 2.38. The summed E-state index contributed by atoms with van der Waals surface area (Å²) >= 11 is 4.85. The lowest BCUT2D eigenvalue weighted by atomic mass is 10.0. The summed E-state index contributed by atoms with van der Waals surface area (Å²) in [4.78, 5) is 12.7.